The zero-order chi connectivity index (χ0) is 20.7. The van der Waals surface area contributed by atoms with Gasteiger partial charge in [0.1, 0.15) is 11.6 Å². The fraction of sp³-hybridized carbons (Fsp3) is 0.143. The first-order chi connectivity index (χ1) is 14.6. The molecule has 0 radical (unpaired) electrons. The predicted octanol–water partition coefficient (Wildman–Crippen LogP) is 3.39. The number of aryl methyl sites for hydroxylation is 1. The third-order valence-electron chi connectivity index (χ3n) is 5.00. The molecule has 150 valence electrons. The number of furan rings is 1. The van der Waals surface area contributed by atoms with Gasteiger partial charge in [0.25, 0.3) is 5.91 Å². The average Bonchev–Trinajstić information content (AvgIpc) is 3.50. The van der Waals surface area contributed by atoms with Crippen LogP contribution in [0.1, 0.15) is 34.2 Å². The predicted molar refractivity (Wildman–Crippen MR) is 107 cm³/mol. The summed E-state index contributed by atoms with van der Waals surface area (Å²) < 4.78 is 12.4. The van der Waals surface area contributed by atoms with Gasteiger partial charge in [-0.05, 0) is 12.1 Å². The average molecular weight is 403 g/mol. The highest BCUT2D eigenvalue weighted by Gasteiger charge is 2.35. The topological polar surface area (TPSA) is 115 Å². The molecule has 0 bridgehead atoms. The summed E-state index contributed by atoms with van der Waals surface area (Å²) in [4.78, 5) is 25.0. The Morgan fingerprint density at radius 3 is 2.83 bits per heavy atom. The van der Waals surface area contributed by atoms with Crippen molar-refractivity contribution >= 4 is 23.5 Å². The van der Waals surface area contributed by atoms with E-state index in [0.717, 1.165) is 5.56 Å². The van der Waals surface area contributed by atoms with Gasteiger partial charge in [-0.2, -0.15) is 5.10 Å². The van der Waals surface area contributed by atoms with Gasteiger partial charge in [0.2, 0.25) is 5.91 Å². The molecule has 1 aliphatic rings. The smallest absolute Gasteiger partial charge is 0.279 e. The summed E-state index contributed by atoms with van der Waals surface area (Å²) in [6.07, 6.45) is 1.74. The normalized spacial score (nSPS) is 15.5. The van der Waals surface area contributed by atoms with Crippen molar-refractivity contribution in [1.82, 2.24) is 14.9 Å². The van der Waals surface area contributed by atoms with Crippen molar-refractivity contribution in [3.8, 4) is 11.3 Å². The van der Waals surface area contributed by atoms with E-state index in [1.54, 1.807) is 31.5 Å². The fourth-order valence-corrected chi connectivity index (χ4v) is 3.61. The van der Waals surface area contributed by atoms with Crippen LogP contribution < -0.4 is 10.6 Å². The maximum absolute atomic E-state index is 12.8. The van der Waals surface area contributed by atoms with Crippen molar-refractivity contribution in [2.75, 3.05) is 10.6 Å². The van der Waals surface area contributed by atoms with Gasteiger partial charge in [0.05, 0.1) is 17.7 Å². The molecule has 3 aromatic heterocycles. The van der Waals surface area contributed by atoms with E-state index in [-0.39, 0.29) is 23.9 Å². The maximum Gasteiger partial charge on any atom is 0.279 e. The molecular weight excluding hydrogens is 386 g/mol. The number of aromatic nitrogens is 3. The van der Waals surface area contributed by atoms with Gasteiger partial charge in [0.15, 0.2) is 17.3 Å². The van der Waals surface area contributed by atoms with Crippen LogP contribution in [0.5, 0.6) is 0 Å². The number of hydrogen-bond donors (Lipinski definition) is 2. The maximum atomic E-state index is 12.8. The van der Waals surface area contributed by atoms with Crippen molar-refractivity contribution in [2.45, 2.75) is 12.3 Å². The summed E-state index contributed by atoms with van der Waals surface area (Å²) >= 11 is 0. The molecule has 1 aliphatic heterocycles. The number of amides is 2. The van der Waals surface area contributed by atoms with Gasteiger partial charge >= 0.3 is 0 Å². The molecule has 9 heteroatoms. The second-order valence-corrected chi connectivity index (χ2v) is 6.95. The molecule has 9 nitrogen and oxygen atoms in total. The molecule has 0 spiro atoms. The van der Waals surface area contributed by atoms with Crippen LogP contribution in [0, 0.1) is 0 Å². The van der Waals surface area contributed by atoms with Gasteiger partial charge in [-0.3, -0.25) is 14.3 Å². The summed E-state index contributed by atoms with van der Waals surface area (Å²) in [6.45, 7) is 0. The SMILES string of the molecule is Cn1nc(NC(=O)c2cc(-c3ccccc3)on2)c2c1NC(=O)CC2c1ccco1. The van der Waals surface area contributed by atoms with E-state index in [4.69, 9.17) is 8.94 Å². The van der Waals surface area contributed by atoms with Crippen molar-refractivity contribution in [3.63, 3.8) is 0 Å². The number of fused-ring (bicyclic) bond motifs is 1. The number of benzene rings is 1. The first-order valence-corrected chi connectivity index (χ1v) is 9.34. The molecule has 0 saturated carbocycles. The van der Waals surface area contributed by atoms with Gasteiger partial charge in [-0.25, -0.2) is 0 Å². The second kappa shape index (κ2) is 7.03. The lowest BCUT2D eigenvalue weighted by Gasteiger charge is -2.22. The first-order valence-electron chi connectivity index (χ1n) is 9.34. The minimum absolute atomic E-state index is 0.127. The molecule has 1 atom stereocenters. The minimum Gasteiger partial charge on any atom is -0.469 e. The van der Waals surface area contributed by atoms with Gasteiger partial charge in [-0.1, -0.05) is 35.5 Å². The molecule has 1 unspecified atom stereocenters. The second-order valence-electron chi connectivity index (χ2n) is 6.95. The van der Waals surface area contributed by atoms with E-state index in [0.29, 0.717) is 28.7 Å². The minimum atomic E-state index is -0.461. The molecular formula is C21H17N5O4. The lowest BCUT2D eigenvalue weighted by molar-refractivity contribution is -0.116. The van der Waals surface area contributed by atoms with E-state index in [2.05, 4.69) is 20.9 Å². The summed E-state index contributed by atoms with van der Waals surface area (Å²) in [7, 11) is 1.70. The number of nitrogens with zero attached hydrogens (tertiary/aromatic N) is 3. The van der Waals surface area contributed by atoms with E-state index >= 15 is 0 Å². The third-order valence-corrected chi connectivity index (χ3v) is 5.00. The van der Waals surface area contributed by atoms with Crippen molar-refractivity contribution in [1.29, 1.82) is 0 Å². The molecule has 4 aromatic rings. The Morgan fingerprint density at radius 1 is 1.23 bits per heavy atom. The van der Waals surface area contributed by atoms with Crippen molar-refractivity contribution in [2.24, 2.45) is 7.05 Å². The summed E-state index contributed by atoms with van der Waals surface area (Å²) in [6, 6.07) is 14.5. The molecule has 1 aromatic carbocycles. The molecule has 2 N–H and O–H groups in total. The third kappa shape index (κ3) is 3.06. The van der Waals surface area contributed by atoms with Crippen LogP contribution in [0.15, 0.2) is 63.7 Å². The number of carbonyl (C=O) groups is 2. The molecule has 4 heterocycles. The summed E-state index contributed by atoms with van der Waals surface area (Å²) in [5.74, 6) is 1.01. The van der Waals surface area contributed by atoms with E-state index in [1.165, 1.54) is 4.68 Å². The number of nitrogens with one attached hydrogen (secondary N) is 2. The Balaban J connectivity index is 1.46. The van der Waals surface area contributed by atoms with Gasteiger partial charge in [-0.15, -0.1) is 0 Å². The Labute approximate surface area is 170 Å². The molecule has 0 saturated heterocycles. The zero-order valence-corrected chi connectivity index (χ0v) is 16.0. The zero-order valence-electron chi connectivity index (χ0n) is 16.0. The highest BCUT2D eigenvalue weighted by molar-refractivity contribution is 6.04. The molecule has 0 aliphatic carbocycles. The van der Waals surface area contributed by atoms with Crippen LogP contribution in [0.4, 0.5) is 11.6 Å². The van der Waals surface area contributed by atoms with Crippen molar-refractivity contribution < 1.29 is 18.5 Å². The number of carbonyl (C=O) groups excluding carboxylic acids is 2. The van der Waals surface area contributed by atoms with Crippen LogP contribution in [0.3, 0.4) is 0 Å². The molecule has 2 amide bonds. The fourth-order valence-electron chi connectivity index (χ4n) is 3.61. The molecule has 30 heavy (non-hydrogen) atoms. The number of rotatable bonds is 4. The molecule has 5 rings (SSSR count). The quantitative estimate of drug-likeness (QED) is 0.540. The Hall–Kier alpha value is -4.14. The number of hydrogen-bond acceptors (Lipinski definition) is 6. The van der Waals surface area contributed by atoms with E-state index in [1.807, 2.05) is 30.3 Å². The van der Waals surface area contributed by atoms with E-state index in [9.17, 15) is 9.59 Å². The lowest BCUT2D eigenvalue weighted by Crippen LogP contribution is -2.25. The standard InChI is InChI=1S/C21H17N5O4/c1-26-20-18(13(10-17(27)22-20)15-8-5-9-29-15)19(24-26)23-21(28)14-11-16(30-25-14)12-6-3-2-4-7-12/h2-9,11,13H,10H2,1H3,(H,22,27)(H,23,24,28). The van der Waals surface area contributed by atoms with Crippen LogP contribution in [0.2, 0.25) is 0 Å². The highest BCUT2D eigenvalue weighted by Crippen LogP contribution is 2.41. The Morgan fingerprint density at radius 2 is 2.07 bits per heavy atom. The molecule has 0 fully saturated rings. The lowest BCUT2D eigenvalue weighted by atomic mass is 9.91. The number of anilines is 2. The van der Waals surface area contributed by atoms with Crippen LogP contribution in [-0.2, 0) is 11.8 Å². The van der Waals surface area contributed by atoms with Crippen LogP contribution in [0.25, 0.3) is 11.3 Å². The summed E-state index contributed by atoms with van der Waals surface area (Å²) in [5, 5.41) is 13.9. The van der Waals surface area contributed by atoms with E-state index < -0.39 is 5.91 Å². The Bertz CT molecular complexity index is 1220. The summed E-state index contributed by atoms with van der Waals surface area (Å²) in [5.41, 5.74) is 1.63. The monoisotopic (exact) mass is 403 g/mol. The van der Waals surface area contributed by atoms with Crippen LogP contribution >= 0.6 is 0 Å². The highest BCUT2D eigenvalue weighted by atomic mass is 16.5. The van der Waals surface area contributed by atoms with Gasteiger partial charge in [0, 0.05) is 25.1 Å². The largest absolute Gasteiger partial charge is 0.469 e. The van der Waals surface area contributed by atoms with Crippen molar-refractivity contribution in [3.05, 3.63) is 71.8 Å². The van der Waals surface area contributed by atoms with Gasteiger partial charge < -0.3 is 19.6 Å². The van der Waals surface area contributed by atoms with Crippen LogP contribution in [-0.4, -0.2) is 26.8 Å². The Kier molecular flexibility index (Phi) is 4.20. The first kappa shape index (κ1) is 17.9.